The summed E-state index contributed by atoms with van der Waals surface area (Å²) in [5, 5.41) is 66.2. The van der Waals surface area contributed by atoms with E-state index < -0.39 is 86.3 Å². The van der Waals surface area contributed by atoms with Crippen LogP contribution in [0.15, 0.2) is 5.11 Å². The number of nitrogens with zero attached hydrogens (tertiary/aromatic N) is 6. The molecule has 10 atom stereocenters. The molecule has 22 nitrogen and oxygen atoms in total. The maximum atomic E-state index is 11.2. The van der Waals surface area contributed by atoms with Crippen molar-refractivity contribution >= 4 is 23.4 Å². The second-order valence-electron chi connectivity index (χ2n) is 9.57. The molecule has 8 N–H and O–H groups in total. The Labute approximate surface area is 303 Å². The number of aliphatic hydroxyl groups is 6. The SMILES string of the molecule is CC(=O)NC1C(OCCOCCCl)OC(CO)C(O)C1O.CC(=O)NC1C(OCCOCCN=[N+]=[N-])OC(CO)C(O)C1O.[N-]=[N+]=[N-].[Na+]. The van der Waals surface area contributed by atoms with Gasteiger partial charge in [-0.25, -0.2) is 0 Å². The molecule has 0 aromatic heterocycles. The zero-order valence-corrected chi connectivity index (χ0v) is 29.6. The summed E-state index contributed by atoms with van der Waals surface area (Å²) in [5.74, 6) is -0.456. The van der Waals surface area contributed by atoms with Crippen molar-refractivity contribution in [3.05, 3.63) is 26.4 Å². The van der Waals surface area contributed by atoms with Crippen molar-refractivity contribution in [2.24, 2.45) is 5.11 Å². The van der Waals surface area contributed by atoms with Crippen LogP contribution in [-0.2, 0) is 38.0 Å². The molecule has 0 aromatic carbocycles. The predicted molar refractivity (Wildman–Crippen MR) is 159 cm³/mol. The van der Waals surface area contributed by atoms with Gasteiger partial charge in [-0.15, -0.1) is 11.6 Å². The smallest absolute Gasteiger partial charge is 0.394 e. The molecule has 272 valence electrons. The van der Waals surface area contributed by atoms with Crippen molar-refractivity contribution in [3.63, 3.8) is 0 Å². The summed E-state index contributed by atoms with van der Waals surface area (Å²) in [4.78, 5) is 26.5. The number of carbonyl (C=O) groups is 2. The van der Waals surface area contributed by atoms with Crippen molar-refractivity contribution in [3.8, 4) is 0 Å². The molecule has 0 aromatic rings. The van der Waals surface area contributed by atoms with Crippen LogP contribution in [0.4, 0.5) is 0 Å². The van der Waals surface area contributed by atoms with E-state index in [0.717, 1.165) is 0 Å². The molecule has 2 rings (SSSR count). The number of hydrogen-bond acceptors (Lipinski definition) is 15. The first-order valence-corrected chi connectivity index (χ1v) is 14.7. The quantitative estimate of drug-likeness (QED) is 0.0173. The second kappa shape index (κ2) is 29.1. The Morgan fingerprint density at radius 1 is 0.750 bits per heavy atom. The number of rotatable bonds is 17. The molecule has 0 spiro atoms. The fraction of sp³-hybridized carbons (Fsp3) is 0.917. The average Bonchev–Trinajstić information content (AvgIpc) is 3.03. The zero-order chi connectivity index (χ0) is 35.8. The van der Waals surface area contributed by atoms with Crippen molar-refractivity contribution in [2.75, 3.05) is 65.3 Å². The van der Waals surface area contributed by atoms with Crippen molar-refractivity contribution in [2.45, 2.75) is 75.1 Å². The van der Waals surface area contributed by atoms with Gasteiger partial charge in [0.15, 0.2) is 12.6 Å². The topological polar surface area (TPSA) is 342 Å². The standard InChI is InChI=1S/C12H22ClNO7.C12H22N4O7.N3.Na/c1-7(16)14-9-11(18)10(17)8(6-15)21-12(9)20-5-4-19-3-2-13;1-7(18)15-9-11(20)10(19)8(6-17)23-12(9)22-5-4-21-3-2-14-16-13;1-3-2;/h8-12,15,17-18H,2-6H2,1H3,(H,14,16);8-12,17,19-20H,2-6H2,1H3,(H,15,18);;/q;;-1;+1. The summed E-state index contributed by atoms with van der Waals surface area (Å²) in [6, 6.07) is -1.91. The van der Waals surface area contributed by atoms with Crippen molar-refractivity contribution in [1.82, 2.24) is 10.6 Å². The fourth-order valence-electron chi connectivity index (χ4n) is 4.08. The number of alkyl halides is 1. The van der Waals surface area contributed by atoms with Gasteiger partial charge in [-0.05, 0) is 5.53 Å². The van der Waals surface area contributed by atoms with Gasteiger partial charge in [0.05, 0.1) is 52.9 Å². The van der Waals surface area contributed by atoms with E-state index in [1.807, 2.05) is 0 Å². The van der Waals surface area contributed by atoms with Gasteiger partial charge >= 0.3 is 29.6 Å². The van der Waals surface area contributed by atoms with Gasteiger partial charge < -0.3 is 80.8 Å². The van der Waals surface area contributed by atoms with Crippen LogP contribution in [0.5, 0.6) is 0 Å². The summed E-state index contributed by atoms with van der Waals surface area (Å²) >= 11 is 5.46. The van der Waals surface area contributed by atoms with Crippen LogP contribution in [0.1, 0.15) is 13.8 Å². The maximum Gasteiger partial charge on any atom is 1.00 e. The van der Waals surface area contributed by atoms with E-state index in [4.69, 9.17) is 66.8 Å². The van der Waals surface area contributed by atoms with Crippen LogP contribution in [0.25, 0.3) is 26.4 Å². The molecule has 2 saturated heterocycles. The van der Waals surface area contributed by atoms with Gasteiger partial charge in [-0.3, -0.25) is 14.5 Å². The third-order valence-electron chi connectivity index (χ3n) is 6.14. The van der Waals surface area contributed by atoms with Gasteiger partial charge in [-0.2, -0.15) is 0 Å². The van der Waals surface area contributed by atoms with E-state index in [2.05, 4.69) is 20.7 Å². The molecule has 0 aliphatic carbocycles. The van der Waals surface area contributed by atoms with Crippen molar-refractivity contribution < 1.29 is 98.2 Å². The first-order chi connectivity index (χ1) is 22.4. The fourth-order valence-corrected chi connectivity index (χ4v) is 4.19. The van der Waals surface area contributed by atoms with Gasteiger partial charge in [-0.1, -0.05) is 5.11 Å². The van der Waals surface area contributed by atoms with Crippen LogP contribution in [-0.4, -0.2) is 169 Å². The Bertz CT molecular complexity index is 972. The van der Waals surface area contributed by atoms with E-state index in [0.29, 0.717) is 12.5 Å². The van der Waals surface area contributed by atoms with Gasteiger partial charge in [0, 0.05) is 31.2 Å². The number of halogens is 1. The average molecular weight is 727 g/mol. The van der Waals surface area contributed by atoms with Crippen LogP contribution in [0.2, 0.25) is 0 Å². The van der Waals surface area contributed by atoms with Crippen LogP contribution in [0.3, 0.4) is 0 Å². The first-order valence-electron chi connectivity index (χ1n) is 14.2. The molecule has 2 aliphatic rings. The molecule has 0 saturated carbocycles. The third-order valence-corrected chi connectivity index (χ3v) is 6.30. The number of ether oxygens (including phenoxy) is 6. The molecule has 0 radical (unpaired) electrons. The molecular weight excluding hydrogens is 683 g/mol. The van der Waals surface area contributed by atoms with E-state index >= 15 is 0 Å². The molecule has 2 aliphatic heterocycles. The minimum atomic E-state index is -1.35. The summed E-state index contributed by atoms with van der Waals surface area (Å²) < 4.78 is 31.8. The van der Waals surface area contributed by atoms with Gasteiger partial charge in [0.1, 0.15) is 48.7 Å². The Hall–Kier alpha value is -1.63. The number of azide groups is 1. The molecule has 2 heterocycles. The Kier molecular flexibility index (Phi) is 29.4. The summed E-state index contributed by atoms with van der Waals surface area (Å²) in [7, 11) is 0. The number of hydrogen-bond donors (Lipinski definition) is 8. The largest absolute Gasteiger partial charge is 1.00 e. The third kappa shape index (κ3) is 18.9. The zero-order valence-electron chi connectivity index (χ0n) is 26.9. The monoisotopic (exact) mass is 726 g/mol. The predicted octanol–water partition coefficient (Wildman–Crippen LogP) is -5.65. The molecule has 2 fully saturated rings. The minimum absolute atomic E-state index is 0. The Morgan fingerprint density at radius 3 is 1.48 bits per heavy atom. The number of carbonyl (C=O) groups excluding carboxylic acids is 2. The van der Waals surface area contributed by atoms with Gasteiger partial charge in [0.25, 0.3) is 0 Å². The summed E-state index contributed by atoms with van der Waals surface area (Å²) in [6.45, 7) is 3.03. The normalized spacial score (nSPS) is 29.2. The van der Waals surface area contributed by atoms with Crippen LogP contribution in [0, 0.1) is 0 Å². The van der Waals surface area contributed by atoms with Crippen molar-refractivity contribution in [1.29, 1.82) is 0 Å². The molecular formula is C24H44ClN8NaO14. The van der Waals surface area contributed by atoms with E-state index in [-0.39, 0.29) is 69.1 Å². The molecule has 24 heteroatoms. The molecule has 0 bridgehead atoms. The maximum absolute atomic E-state index is 11.2. The van der Waals surface area contributed by atoms with Crippen LogP contribution < -0.4 is 40.2 Å². The molecule has 10 unspecified atom stereocenters. The van der Waals surface area contributed by atoms with E-state index in [1.54, 1.807) is 0 Å². The second-order valence-corrected chi connectivity index (χ2v) is 9.94. The van der Waals surface area contributed by atoms with Crippen LogP contribution >= 0.6 is 11.6 Å². The molecule has 2 amide bonds. The Morgan fingerprint density at radius 2 is 1.15 bits per heavy atom. The van der Waals surface area contributed by atoms with Gasteiger partial charge in [0.2, 0.25) is 11.8 Å². The number of nitrogens with one attached hydrogen (secondary N) is 2. The van der Waals surface area contributed by atoms with E-state index in [1.165, 1.54) is 18.8 Å². The summed E-state index contributed by atoms with van der Waals surface area (Å²) in [6.07, 6.45) is -9.38. The minimum Gasteiger partial charge on any atom is -0.394 e. The summed E-state index contributed by atoms with van der Waals surface area (Å²) in [5.41, 5.74) is 21.6. The van der Waals surface area contributed by atoms with E-state index in [9.17, 15) is 30.0 Å². The Balaban J connectivity index is 0. The number of aliphatic hydroxyl groups excluding tert-OH is 6. The number of amides is 2. The molecule has 48 heavy (non-hydrogen) atoms. The first kappa shape index (κ1) is 48.5.